The fourth-order valence-electron chi connectivity index (χ4n) is 6.64. The molecule has 0 bridgehead atoms. The first-order valence-electron chi connectivity index (χ1n) is 14.8. The molecule has 0 saturated carbocycles. The van der Waals surface area contributed by atoms with Crippen LogP contribution in [0.1, 0.15) is 0 Å². The van der Waals surface area contributed by atoms with Crippen LogP contribution in [0.5, 0.6) is 0 Å². The average molecular weight is 563 g/mol. The summed E-state index contributed by atoms with van der Waals surface area (Å²) < 4.78 is 4.65. The molecule has 44 heavy (non-hydrogen) atoms. The van der Waals surface area contributed by atoms with Crippen LogP contribution in [0.4, 0.5) is 0 Å². The van der Waals surface area contributed by atoms with Crippen LogP contribution >= 0.6 is 0 Å². The zero-order chi connectivity index (χ0) is 29.0. The highest BCUT2D eigenvalue weighted by Crippen LogP contribution is 2.40. The maximum Gasteiger partial charge on any atom is 0.0746 e. The molecule has 0 radical (unpaired) electrons. The van der Waals surface area contributed by atoms with Crippen molar-refractivity contribution in [3.8, 4) is 33.8 Å². The summed E-state index contributed by atoms with van der Waals surface area (Å²) in [5.41, 5.74) is 11.1. The Hall–Kier alpha value is -6.00. The largest absolute Gasteiger partial charge is 0.317 e. The lowest BCUT2D eigenvalue weighted by Crippen LogP contribution is -1.94. The molecule has 4 nitrogen and oxygen atoms in total. The van der Waals surface area contributed by atoms with E-state index in [1.54, 1.807) is 0 Å². The molecular weight excluding hydrogens is 536 g/mol. The number of fused-ring (bicyclic) bond motifs is 6. The van der Waals surface area contributed by atoms with Gasteiger partial charge < -0.3 is 9.13 Å². The molecule has 4 heteroatoms. The quantitative estimate of drug-likeness (QED) is 0.214. The summed E-state index contributed by atoms with van der Waals surface area (Å²) in [7, 11) is 0. The lowest BCUT2D eigenvalue weighted by molar-refractivity contribution is 1.13. The molecule has 9 aromatic rings. The molecule has 0 N–H and O–H groups in total. The molecule has 0 spiro atoms. The molecule has 9 rings (SSSR count). The summed E-state index contributed by atoms with van der Waals surface area (Å²) in [6.45, 7) is 0. The van der Waals surface area contributed by atoms with Crippen molar-refractivity contribution in [1.82, 2.24) is 19.1 Å². The van der Waals surface area contributed by atoms with E-state index < -0.39 is 0 Å². The van der Waals surface area contributed by atoms with Gasteiger partial charge in [-0.3, -0.25) is 4.98 Å². The van der Waals surface area contributed by atoms with E-state index in [4.69, 9.17) is 4.98 Å². The van der Waals surface area contributed by atoms with Gasteiger partial charge in [-0.1, -0.05) is 72.8 Å². The standard InChI is InChI=1S/C40H26N4/c1-4-10-27(11-5-1)32-25-36(42-35-20-22-41-26-34(32)35)28-16-17-38-33(24-28)40-31-21-23-43(29-12-6-2-7-13-29)37(31)18-19-39(40)44(38)30-14-8-3-9-15-30/h1-26H. The number of pyridine rings is 2. The summed E-state index contributed by atoms with van der Waals surface area (Å²) in [6.07, 6.45) is 5.91. The highest BCUT2D eigenvalue weighted by molar-refractivity contribution is 6.21. The Labute approximate surface area is 254 Å². The Balaban J connectivity index is 1.34. The smallest absolute Gasteiger partial charge is 0.0746 e. The van der Waals surface area contributed by atoms with Crippen LogP contribution in [0.2, 0.25) is 0 Å². The Bertz CT molecular complexity index is 2470. The van der Waals surface area contributed by atoms with E-state index in [9.17, 15) is 0 Å². The van der Waals surface area contributed by atoms with Gasteiger partial charge in [0.05, 0.1) is 27.8 Å². The third-order valence-electron chi connectivity index (χ3n) is 8.64. The number of rotatable bonds is 4. The predicted molar refractivity (Wildman–Crippen MR) is 182 cm³/mol. The van der Waals surface area contributed by atoms with E-state index in [1.165, 1.54) is 32.7 Å². The van der Waals surface area contributed by atoms with Crippen LogP contribution < -0.4 is 0 Å². The number of hydrogen-bond acceptors (Lipinski definition) is 2. The van der Waals surface area contributed by atoms with Crippen molar-refractivity contribution < 1.29 is 0 Å². The molecule has 0 aliphatic carbocycles. The molecule has 5 aromatic carbocycles. The second kappa shape index (κ2) is 9.79. The van der Waals surface area contributed by atoms with Gasteiger partial charge in [-0.25, -0.2) is 4.98 Å². The lowest BCUT2D eigenvalue weighted by atomic mass is 9.98. The molecule has 4 aromatic heterocycles. The zero-order valence-corrected chi connectivity index (χ0v) is 23.8. The van der Waals surface area contributed by atoms with Crippen molar-refractivity contribution in [2.45, 2.75) is 0 Å². The van der Waals surface area contributed by atoms with E-state index in [1.807, 2.05) is 24.5 Å². The molecular formula is C40H26N4. The van der Waals surface area contributed by atoms with E-state index in [0.717, 1.165) is 44.7 Å². The lowest BCUT2D eigenvalue weighted by Gasteiger charge is -2.11. The first kappa shape index (κ1) is 24.6. The van der Waals surface area contributed by atoms with Crippen LogP contribution in [0.15, 0.2) is 158 Å². The molecule has 0 unspecified atom stereocenters. The maximum absolute atomic E-state index is 5.14. The van der Waals surface area contributed by atoms with Crippen LogP contribution in [-0.4, -0.2) is 19.1 Å². The number of aromatic nitrogens is 4. The molecule has 4 heterocycles. The predicted octanol–water partition coefficient (Wildman–Crippen LogP) is 10.0. The second-order valence-corrected chi connectivity index (χ2v) is 11.1. The van der Waals surface area contributed by atoms with Crippen molar-refractivity contribution in [1.29, 1.82) is 0 Å². The Morgan fingerprint density at radius 2 is 1.20 bits per heavy atom. The zero-order valence-electron chi connectivity index (χ0n) is 23.8. The summed E-state index contributed by atoms with van der Waals surface area (Å²) in [5, 5.41) is 4.72. The van der Waals surface area contributed by atoms with Gasteiger partial charge >= 0.3 is 0 Å². The number of nitrogens with zero attached hydrogens (tertiary/aromatic N) is 4. The summed E-state index contributed by atoms with van der Waals surface area (Å²) in [5.74, 6) is 0. The van der Waals surface area contributed by atoms with Gasteiger partial charge in [-0.2, -0.15) is 0 Å². The van der Waals surface area contributed by atoms with Crippen molar-refractivity contribution >= 4 is 43.6 Å². The van der Waals surface area contributed by atoms with Crippen LogP contribution in [-0.2, 0) is 0 Å². The molecule has 0 aliphatic rings. The third-order valence-corrected chi connectivity index (χ3v) is 8.64. The molecule has 0 aliphatic heterocycles. The molecule has 0 atom stereocenters. The van der Waals surface area contributed by atoms with Gasteiger partial charge in [-0.05, 0) is 77.9 Å². The summed E-state index contributed by atoms with van der Waals surface area (Å²) >= 11 is 0. The van der Waals surface area contributed by atoms with Crippen LogP contribution in [0.25, 0.3) is 77.4 Å². The van der Waals surface area contributed by atoms with E-state index in [-0.39, 0.29) is 0 Å². The van der Waals surface area contributed by atoms with E-state index in [2.05, 4.69) is 148 Å². The van der Waals surface area contributed by atoms with Crippen LogP contribution in [0.3, 0.4) is 0 Å². The van der Waals surface area contributed by atoms with Crippen molar-refractivity contribution in [3.63, 3.8) is 0 Å². The van der Waals surface area contributed by atoms with Crippen molar-refractivity contribution in [2.75, 3.05) is 0 Å². The van der Waals surface area contributed by atoms with Crippen LogP contribution in [0, 0.1) is 0 Å². The highest BCUT2D eigenvalue weighted by Gasteiger charge is 2.18. The summed E-state index contributed by atoms with van der Waals surface area (Å²) in [4.78, 5) is 9.55. The SMILES string of the molecule is c1ccc(-c2cc(-c3ccc4c(c3)c3c5ccn(-c6ccccc6)c5ccc3n4-c3ccccc3)nc3ccncc23)cc1. The van der Waals surface area contributed by atoms with E-state index in [0.29, 0.717) is 0 Å². The fourth-order valence-corrected chi connectivity index (χ4v) is 6.64. The highest BCUT2D eigenvalue weighted by atomic mass is 15.0. The topological polar surface area (TPSA) is 35.6 Å². The fraction of sp³-hybridized carbons (Fsp3) is 0. The Morgan fingerprint density at radius 1 is 0.500 bits per heavy atom. The number of para-hydroxylation sites is 2. The van der Waals surface area contributed by atoms with Gasteiger partial charge in [0.2, 0.25) is 0 Å². The first-order valence-corrected chi connectivity index (χ1v) is 14.8. The third kappa shape index (κ3) is 3.78. The monoisotopic (exact) mass is 562 g/mol. The first-order chi connectivity index (χ1) is 21.8. The van der Waals surface area contributed by atoms with Gasteiger partial charge in [0.15, 0.2) is 0 Å². The molecule has 0 amide bonds. The van der Waals surface area contributed by atoms with Gasteiger partial charge in [-0.15, -0.1) is 0 Å². The number of benzene rings is 5. The maximum atomic E-state index is 5.14. The Morgan fingerprint density at radius 3 is 2.00 bits per heavy atom. The minimum Gasteiger partial charge on any atom is -0.317 e. The average Bonchev–Trinajstić information content (AvgIpc) is 3.68. The minimum absolute atomic E-state index is 0.936. The molecule has 0 fully saturated rings. The number of hydrogen-bond donors (Lipinski definition) is 0. The molecule has 0 saturated heterocycles. The second-order valence-electron chi connectivity index (χ2n) is 11.1. The van der Waals surface area contributed by atoms with Gasteiger partial charge in [0.25, 0.3) is 0 Å². The van der Waals surface area contributed by atoms with Gasteiger partial charge in [0.1, 0.15) is 0 Å². The van der Waals surface area contributed by atoms with Crippen molar-refractivity contribution in [2.24, 2.45) is 0 Å². The van der Waals surface area contributed by atoms with Gasteiger partial charge in [0, 0.05) is 57.1 Å². The normalized spacial score (nSPS) is 11.6. The molecule has 206 valence electrons. The minimum atomic E-state index is 0.936. The summed E-state index contributed by atoms with van der Waals surface area (Å²) in [6, 6.07) is 49.4. The Kier molecular flexibility index (Phi) is 5.47. The van der Waals surface area contributed by atoms with Crippen molar-refractivity contribution in [3.05, 3.63) is 158 Å². The van der Waals surface area contributed by atoms with E-state index >= 15 is 0 Å².